The van der Waals surface area contributed by atoms with E-state index in [1.165, 1.54) is 0 Å². The highest BCUT2D eigenvalue weighted by atomic mass is 35.5. The van der Waals surface area contributed by atoms with E-state index in [1.54, 1.807) is 0 Å². The molecule has 0 bridgehead atoms. The molecule has 0 unspecified atom stereocenters. The van der Waals surface area contributed by atoms with Crippen molar-refractivity contribution in [2.75, 3.05) is 11.9 Å². The van der Waals surface area contributed by atoms with Gasteiger partial charge in [-0.25, -0.2) is 9.97 Å². The van der Waals surface area contributed by atoms with Gasteiger partial charge in [-0.05, 0) is 20.8 Å². The maximum Gasteiger partial charge on any atom is 0.137 e. The van der Waals surface area contributed by atoms with E-state index in [0.29, 0.717) is 16.8 Å². The van der Waals surface area contributed by atoms with Crippen molar-refractivity contribution in [1.82, 2.24) is 9.97 Å². The molecule has 1 heterocycles. The number of aryl methyl sites for hydroxylation is 1. The largest absolute Gasteiger partial charge is 0.394 e. The molecular weight excluding hydrogens is 226 g/mol. The zero-order valence-electron chi connectivity index (χ0n) is 10.1. The molecule has 0 atom stereocenters. The number of aliphatic hydroxyl groups is 1. The van der Waals surface area contributed by atoms with Crippen LogP contribution in [0, 0.1) is 6.92 Å². The van der Waals surface area contributed by atoms with Gasteiger partial charge in [0.05, 0.1) is 12.1 Å². The molecule has 1 aromatic heterocycles. The van der Waals surface area contributed by atoms with Gasteiger partial charge < -0.3 is 10.4 Å². The van der Waals surface area contributed by atoms with Crippen molar-refractivity contribution in [1.29, 1.82) is 0 Å². The molecule has 0 fully saturated rings. The summed E-state index contributed by atoms with van der Waals surface area (Å²) in [7, 11) is 0. The van der Waals surface area contributed by atoms with Crippen LogP contribution in [-0.2, 0) is 6.42 Å². The minimum atomic E-state index is -0.423. The van der Waals surface area contributed by atoms with Gasteiger partial charge in [-0.3, -0.25) is 0 Å². The lowest BCUT2D eigenvalue weighted by molar-refractivity contribution is 0.234. The molecule has 0 aliphatic carbocycles. The Balaban J connectivity index is 3.08. The summed E-state index contributed by atoms with van der Waals surface area (Å²) in [6, 6.07) is 0. The normalized spacial score (nSPS) is 11.6. The second kappa shape index (κ2) is 4.97. The predicted octanol–water partition coefficient (Wildman–Crippen LogP) is 2.18. The Labute approximate surface area is 101 Å². The van der Waals surface area contributed by atoms with E-state index >= 15 is 0 Å². The number of nitrogens with one attached hydrogen (secondary N) is 1. The van der Waals surface area contributed by atoms with Gasteiger partial charge in [0, 0.05) is 12.0 Å². The highest BCUT2D eigenvalue weighted by molar-refractivity contribution is 6.30. The minimum absolute atomic E-state index is 0.0233. The van der Waals surface area contributed by atoms with Crippen molar-refractivity contribution in [2.24, 2.45) is 0 Å². The third-order valence-electron chi connectivity index (χ3n) is 2.30. The fraction of sp³-hybridized carbons (Fsp3) is 0.636. The van der Waals surface area contributed by atoms with E-state index in [4.69, 9.17) is 11.6 Å². The highest BCUT2D eigenvalue weighted by Crippen LogP contribution is 2.22. The van der Waals surface area contributed by atoms with Crippen molar-refractivity contribution in [3.05, 3.63) is 16.5 Å². The molecule has 0 aromatic carbocycles. The molecule has 16 heavy (non-hydrogen) atoms. The van der Waals surface area contributed by atoms with Crippen LogP contribution in [0.1, 0.15) is 32.2 Å². The van der Waals surface area contributed by atoms with E-state index in [-0.39, 0.29) is 6.61 Å². The van der Waals surface area contributed by atoms with Gasteiger partial charge in [-0.1, -0.05) is 18.5 Å². The Morgan fingerprint density at radius 2 is 2.00 bits per heavy atom. The second-order valence-electron chi connectivity index (χ2n) is 4.42. The first-order valence-corrected chi connectivity index (χ1v) is 5.69. The molecule has 0 aliphatic heterocycles. The van der Waals surface area contributed by atoms with E-state index in [1.807, 2.05) is 27.7 Å². The minimum Gasteiger partial charge on any atom is -0.394 e. The van der Waals surface area contributed by atoms with Crippen molar-refractivity contribution in [2.45, 2.75) is 39.7 Å². The summed E-state index contributed by atoms with van der Waals surface area (Å²) in [5.74, 6) is 1.39. The van der Waals surface area contributed by atoms with Crippen LogP contribution in [0.3, 0.4) is 0 Å². The number of nitrogens with zero attached hydrogens (tertiary/aromatic N) is 2. The Morgan fingerprint density at radius 3 is 2.50 bits per heavy atom. The Hall–Kier alpha value is -0.870. The number of rotatable bonds is 4. The van der Waals surface area contributed by atoms with Crippen molar-refractivity contribution < 1.29 is 5.11 Å². The molecular formula is C11H18ClN3O. The van der Waals surface area contributed by atoms with Gasteiger partial charge in [-0.2, -0.15) is 0 Å². The third-order valence-corrected chi connectivity index (χ3v) is 2.67. The van der Waals surface area contributed by atoms with E-state index in [2.05, 4.69) is 15.3 Å². The summed E-state index contributed by atoms with van der Waals surface area (Å²) in [6.45, 7) is 7.65. The molecule has 5 heteroatoms. The van der Waals surface area contributed by atoms with Crippen LogP contribution in [0.2, 0.25) is 5.15 Å². The second-order valence-corrected chi connectivity index (χ2v) is 4.78. The third kappa shape index (κ3) is 3.06. The molecule has 2 N–H and O–H groups in total. The number of anilines is 1. The zero-order chi connectivity index (χ0) is 12.3. The Kier molecular flexibility index (Phi) is 4.10. The highest BCUT2D eigenvalue weighted by Gasteiger charge is 2.19. The van der Waals surface area contributed by atoms with Gasteiger partial charge in [0.25, 0.3) is 0 Å². The summed E-state index contributed by atoms with van der Waals surface area (Å²) < 4.78 is 0. The molecule has 0 spiro atoms. The molecule has 0 aliphatic rings. The predicted molar refractivity (Wildman–Crippen MR) is 65.9 cm³/mol. The SMILES string of the molecule is CCc1nc(Cl)c(C)c(NC(C)(C)CO)n1. The van der Waals surface area contributed by atoms with E-state index in [0.717, 1.165) is 12.0 Å². The van der Waals surface area contributed by atoms with E-state index in [9.17, 15) is 5.11 Å². The summed E-state index contributed by atoms with van der Waals surface area (Å²) >= 11 is 6.02. The first-order chi connectivity index (χ1) is 7.39. The number of aliphatic hydroxyl groups excluding tert-OH is 1. The molecule has 90 valence electrons. The first-order valence-electron chi connectivity index (χ1n) is 5.31. The van der Waals surface area contributed by atoms with Gasteiger partial charge in [0.1, 0.15) is 16.8 Å². The maximum absolute atomic E-state index is 9.20. The van der Waals surface area contributed by atoms with Crippen LogP contribution >= 0.6 is 11.6 Å². The summed E-state index contributed by atoms with van der Waals surface area (Å²) in [6.07, 6.45) is 0.730. The fourth-order valence-corrected chi connectivity index (χ4v) is 1.36. The molecule has 4 nitrogen and oxygen atoms in total. The lowest BCUT2D eigenvalue weighted by Crippen LogP contribution is -2.35. The van der Waals surface area contributed by atoms with Gasteiger partial charge in [-0.15, -0.1) is 0 Å². The van der Waals surface area contributed by atoms with Crippen molar-refractivity contribution in [3.8, 4) is 0 Å². The lowest BCUT2D eigenvalue weighted by atomic mass is 10.1. The smallest absolute Gasteiger partial charge is 0.137 e. The van der Waals surface area contributed by atoms with Crippen molar-refractivity contribution >= 4 is 17.4 Å². The summed E-state index contributed by atoms with van der Waals surface area (Å²) in [4.78, 5) is 8.53. The van der Waals surface area contributed by atoms with Crippen molar-refractivity contribution in [3.63, 3.8) is 0 Å². The molecule has 0 amide bonds. The first kappa shape index (κ1) is 13.2. The molecule has 1 aromatic rings. The Morgan fingerprint density at radius 1 is 1.38 bits per heavy atom. The monoisotopic (exact) mass is 243 g/mol. The summed E-state index contributed by atoms with van der Waals surface area (Å²) in [5, 5.41) is 12.8. The number of halogens is 1. The van der Waals surface area contributed by atoms with Gasteiger partial charge in [0.2, 0.25) is 0 Å². The number of aromatic nitrogens is 2. The zero-order valence-corrected chi connectivity index (χ0v) is 10.9. The number of hydrogen-bond donors (Lipinski definition) is 2. The topological polar surface area (TPSA) is 58.0 Å². The molecule has 1 rings (SSSR count). The van der Waals surface area contributed by atoms with Crippen LogP contribution < -0.4 is 5.32 Å². The van der Waals surface area contributed by atoms with Crippen LogP contribution in [0.15, 0.2) is 0 Å². The molecule has 0 saturated heterocycles. The maximum atomic E-state index is 9.20. The van der Waals surface area contributed by atoms with Gasteiger partial charge >= 0.3 is 0 Å². The molecule has 0 saturated carbocycles. The quantitative estimate of drug-likeness (QED) is 0.796. The van der Waals surface area contributed by atoms with Crippen LogP contribution in [-0.4, -0.2) is 27.2 Å². The fourth-order valence-electron chi connectivity index (χ4n) is 1.17. The average molecular weight is 244 g/mol. The Bertz CT molecular complexity index is 380. The summed E-state index contributed by atoms with van der Waals surface area (Å²) in [5.41, 5.74) is 0.383. The average Bonchev–Trinajstić information content (AvgIpc) is 2.24. The standard InChI is InChI=1S/C11H18ClN3O/c1-5-8-13-9(12)7(2)10(14-8)15-11(3,4)6-16/h16H,5-6H2,1-4H3,(H,13,14,15). The van der Waals surface area contributed by atoms with Crippen LogP contribution in [0.5, 0.6) is 0 Å². The number of hydrogen-bond acceptors (Lipinski definition) is 4. The van der Waals surface area contributed by atoms with E-state index < -0.39 is 5.54 Å². The van der Waals surface area contributed by atoms with Crippen LogP contribution in [0.4, 0.5) is 5.82 Å². The van der Waals surface area contributed by atoms with Crippen LogP contribution in [0.25, 0.3) is 0 Å². The van der Waals surface area contributed by atoms with Gasteiger partial charge in [0.15, 0.2) is 0 Å². The molecule has 0 radical (unpaired) electrons. The lowest BCUT2D eigenvalue weighted by Gasteiger charge is -2.25.